The summed E-state index contributed by atoms with van der Waals surface area (Å²) in [6, 6.07) is 7.81. The molecule has 0 bridgehead atoms. The van der Waals surface area contributed by atoms with E-state index in [2.05, 4.69) is 20.6 Å². The van der Waals surface area contributed by atoms with E-state index < -0.39 is 0 Å². The van der Waals surface area contributed by atoms with Crippen LogP contribution in [0.4, 0.5) is 5.82 Å². The normalized spacial score (nSPS) is 16.5. The molecule has 28 heavy (non-hydrogen) atoms. The second kappa shape index (κ2) is 8.46. The number of aryl methyl sites for hydroxylation is 1. The van der Waals surface area contributed by atoms with Gasteiger partial charge in [-0.1, -0.05) is 31.7 Å². The maximum Gasteiger partial charge on any atom is 0.270 e. The third kappa shape index (κ3) is 4.52. The van der Waals surface area contributed by atoms with Crippen LogP contribution in [0.3, 0.4) is 0 Å². The summed E-state index contributed by atoms with van der Waals surface area (Å²) in [5.41, 5.74) is 1.32. The average molecular weight is 382 g/mol. The number of carbonyl (C=O) groups excluding carboxylic acids is 1. The fourth-order valence-electron chi connectivity index (χ4n) is 3.71. The summed E-state index contributed by atoms with van der Waals surface area (Å²) in [6.07, 6.45) is 7.38. The van der Waals surface area contributed by atoms with Crippen LogP contribution in [0.25, 0.3) is 0 Å². The van der Waals surface area contributed by atoms with Crippen molar-refractivity contribution in [1.82, 2.24) is 15.3 Å². The summed E-state index contributed by atoms with van der Waals surface area (Å²) in [4.78, 5) is 21.4. The number of fused-ring (bicyclic) bond motifs is 1. The first kappa shape index (κ1) is 18.5. The predicted molar refractivity (Wildman–Crippen MR) is 106 cm³/mol. The predicted octanol–water partition coefficient (Wildman–Crippen LogP) is 3.58. The molecule has 1 aliphatic heterocycles. The lowest BCUT2D eigenvalue weighted by Gasteiger charge is -2.17. The van der Waals surface area contributed by atoms with E-state index in [0.717, 1.165) is 30.0 Å². The minimum Gasteiger partial charge on any atom is -0.454 e. The third-order valence-corrected chi connectivity index (χ3v) is 5.17. The molecule has 1 aromatic heterocycles. The van der Waals surface area contributed by atoms with Crippen LogP contribution < -0.4 is 20.1 Å². The average Bonchev–Trinajstić information content (AvgIpc) is 3.01. The van der Waals surface area contributed by atoms with Gasteiger partial charge >= 0.3 is 0 Å². The molecule has 0 radical (unpaired) electrons. The molecule has 1 saturated carbocycles. The van der Waals surface area contributed by atoms with Crippen molar-refractivity contribution in [2.75, 3.05) is 12.1 Å². The molecule has 2 aliphatic rings. The molecule has 2 heterocycles. The number of benzene rings is 1. The molecule has 0 spiro atoms. The summed E-state index contributed by atoms with van der Waals surface area (Å²) in [5, 5.41) is 6.42. The molecule has 0 atom stereocenters. The first-order valence-electron chi connectivity index (χ1n) is 9.96. The van der Waals surface area contributed by atoms with E-state index >= 15 is 0 Å². The number of hydrogen-bond acceptors (Lipinski definition) is 6. The Hall–Kier alpha value is -2.83. The van der Waals surface area contributed by atoms with Crippen LogP contribution in [0.5, 0.6) is 11.5 Å². The first-order chi connectivity index (χ1) is 13.7. The fraction of sp³-hybridized carbons (Fsp3) is 0.476. The van der Waals surface area contributed by atoms with Crippen molar-refractivity contribution in [2.45, 2.75) is 58.0 Å². The molecule has 0 unspecified atom stereocenters. The highest BCUT2D eigenvalue weighted by Gasteiger charge is 2.16. The molecule has 148 valence electrons. The maximum absolute atomic E-state index is 12.6. The quantitative estimate of drug-likeness (QED) is 0.769. The zero-order chi connectivity index (χ0) is 19.3. The van der Waals surface area contributed by atoms with Crippen molar-refractivity contribution >= 4 is 11.7 Å². The monoisotopic (exact) mass is 382 g/mol. The van der Waals surface area contributed by atoms with Gasteiger partial charge in [0.15, 0.2) is 11.5 Å². The molecule has 7 heteroatoms. The first-order valence-corrected chi connectivity index (χ1v) is 9.96. The highest BCUT2D eigenvalue weighted by atomic mass is 16.7. The van der Waals surface area contributed by atoms with Crippen LogP contribution in [0, 0.1) is 6.92 Å². The van der Waals surface area contributed by atoms with Crippen molar-refractivity contribution < 1.29 is 14.3 Å². The third-order valence-electron chi connectivity index (χ3n) is 5.17. The van der Waals surface area contributed by atoms with E-state index in [1.54, 1.807) is 6.07 Å². The van der Waals surface area contributed by atoms with Crippen LogP contribution in [0.15, 0.2) is 24.3 Å². The molecule has 1 aromatic carbocycles. The number of amides is 1. The number of nitrogens with zero attached hydrogens (tertiary/aromatic N) is 2. The summed E-state index contributed by atoms with van der Waals surface area (Å²) < 4.78 is 10.7. The summed E-state index contributed by atoms with van der Waals surface area (Å²) >= 11 is 0. The van der Waals surface area contributed by atoms with Crippen molar-refractivity contribution in [1.29, 1.82) is 0 Å². The molecule has 2 aromatic rings. The summed E-state index contributed by atoms with van der Waals surface area (Å²) in [5.74, 6) is 2.54. The number of aromatic nitrogens is 2. The minimum atomic E-state index is -0.216. The van der Waals surface area contributed by atoms with Crippen LogP contribution in [-0.2, 0) is 6.54 Å². The topological polar surface area (TPSA) is 85.4 Å². The molecule has 1 aliphatic carbocycles. The minimum absolute atomic E-state index is 0.216. The van der Waals surface area contributed by atoms with Gasteiger partial charge in [-0.05, 0) is 37.5 Å². The molecule has 1 fully saturated rings. The van der Waals surface area contributed by atoms with Gasteiger partial charge in [0, 0.05) is 18.7 Å². The number of hydrogen-bond donors (Lipinski definition) is 2. The lowest BCUT2D eigenvalue weighted by atomic mass is 10.1. The van der Waals surface area contributed by atoms with Gasteiger partial charge < -0.3 is 20.1 Å². The van der Waals surface area contributed by atoms with Gasteiger partial charge in [0.2, 0.25) is 6.79 Å². The second-order valence-electron chi connectivity index (χ2n) is 7.39. The highest BCUT2D eigenvalue weighted by molar-refractivity contribution is 5.92. The number of ether oxygens (including phenoxy) is 2. The summed E-state index contributed by atoms with van der Waals surface area (Å²) in [7, 11) is 0. The van der Waals surface area contributed by atoms with Gasteiger partial charge in [0.05, 0.1) is 0 Å². The molecule has 2 N–H and O–H groups in total. The van der Waals surface area contributed by atoms with Gasteiger partial charge in [0.1, 0.15) is 17.3 Å². The standard InChI is InChI=1S/C21H26N4O3/c1-14-23-17(11-20(24-14)25-16-6-4-2-3-5-7-16)21(26)22-12-15-8-9-18-19(10-15)28-13-27-18/h8-11,16H,2-7,12-13H2,1H3,(H,22,26)(H,23,24,25). The molecule has 0 saturated heterocycles. The van der Waals surface area contributed by atoms with Crippen LogP contribution in [-0.4, -0.2) is 28.7 Å². The van der Waals surface area contributed by atoms with E-state index in [1.165, 1.54) is 25.7 Å². The van der Waals surface area contributed by atoms with E-state index in [9.17, 15) is 4.79 Å². The zero-order valence-electron chi connectivity index (χ0n) is 16.2. The smallest absolute Gasteiger partial charge is 0.270 e. The number of anilines is 1. The fourth-order valence-corrected chi connectivity index (χ4v) is 3.71. The molecular formula is C21H26N4O3. The Balaban J connectivity index is 1.40. The highest BCUT2D eigenvalue weighted by Crippen LogP contribution is 2.32. The van der Waals surface area contributed by atoms with Crippen molar-refractivity contribution in [3.8, 4) is 11.5 Å². The largest absolute Gasteiger partial charge is 0.454 e. The van der Waals surface area contributed by atoms with Gasteiger partial charge in [-0.2, -0.15) is 0 Å². The number of rotatable bonds is 5. The molecule has 1 amide bonds. The van der Waals surface area contributed by atoms with Crippen LogP contribution in [0.2, 0.25) is 0 Å². The van der Waals surface area contributed by atoms with Crippen molar-refractivity contribution in [2.24, 2.45) is 0 Å². The maximum atomic E-state index is 12.6. The molecule has 7 nitrogen and oxygen atoms in total. The Morgan fingerprint density at radius 2 is 1.86 bits per heavy atom. The Bertz CT molecular complexity index is 848. The molecular weight excluding hydrogens is 356 g/mol. The van der Waals surface area contributed by atoms with Crippen molar-refractivity contribution in [3.05, 3.63) is 41.3 Å². The number of carbonyl (C=O) groups is 1. The number of nitrogens with one attached hydrogen (secondary N) is 2. The van der Waals surface area contributed by atoms with E-state index in [1.807, 2.05) is 25.1 Å². The van der Waals surface area contributed by atoms with Crippen molar-refractivity contribution in [3.63, 3.8) is 0 Å². The van der Waals surface area contributed by atoms with Gasteiger partial charge in [-0.3, -0.25) is 4.79 Å². The SMILES string of the molecule is Cc1nc(NC2CCCCCC2)cc(C(=O)NCc2ccc3c(c2)OCO3)n1. The van der Waals surface area contributed by atoms with E-state index in [0.29, 0.717) is 29.9 Å². The Morgan fingerprint density at radius 1 is 1.07 bits per heavy atom. The Labute approximate surface area is 164 Å². The van der Waals surface area contributed by atoms with Gasteiger partial charge in [-0.15, -0.1) is 0 Å². The Morgan fingerprint density at radius 3 is 2.68 bits per heavy atom. The van der Waals surface area contributed by atoms with Crippen LogP contribution in [0.1, 0.15) is 60.4 Å². The zero-order valence-corrected chi connectivity index (χ0v) is 16.2. The van der Waals surface area contributed by atoms with Gasteiger partial charge in [0.25, 0.3) is 5.91 Å². The Kier molecular flexibility index (Phi) is 5.60. The second-order valence-corrected chi connectivity index (χ2v) is 7.39. The van der Waals surface area contributed by atoms with E-state index in [4.69, 9.17) is 9.47 Å². The lowest BCUT2D eigenvalue weighted by molar-refractivity contribution is 0.0945. The summed E-state index contributed by atoms with van der Waals surface area (Å²) in [6.45, 7) is 2.44. The van der Waals surface area contributed by atoms with E-state index in [-0.39, 0.29) is 12.7 Å². The van der Waals surface area contributed by atoms with Gasteiger partial charge in [-0.25, -0.2) is 9.97 Å². The lowest BCUT2D eigenvalue weighted by Crippen LogP contribution is -2.25. The molecule has 4 rings (SSSR count). The van der Waals surface area contributed by atoms with Crippen LogP contribution >= 0.6 is 0 Å².